The molecule has 0 saturated heterocycles. The van der Waals surface area contributed by atoms with Gasteiger partial charge in [-0.1, -0.05) is 36.4 Å². The molecule has 0 bridgehead atoms. The molecule has 0 unspecified atom stereocenters. The number of nitrogens with zero attached hydrogens (tertiary/aromatic N) is 2. The van der Waals surface area contributed by atoms with E-state index in [1.165, 1.54) is 12.1 Å². The number of fused-ring (bicyclic) bond motifs is 1. The summed E-state index contributed by atoms with van der Waals surface area (Å²) in [7, 11) is 0. The Labute approximate surface area is 133 Å². The highest BCUT2D eigenvalue weighted by Gasteiger charge is 2.22. The van der Waals surface area contributed by atoms with Crippen LogP contribution in [0.15, 0.2) is 54.2 Å². The number of hydrogen-bond acceptors (Lipinski definition) is 4. The molecule has 0 heterocycles. The molecule has 6 nitrogen and oxygen atoms in total. The number of phenolic OH excluding ortho intramolecular Hbond substituents is 1. The van der Waals surface area contributed by atoms with Crippen LogP contribution in [-0.2, 0) is 9.59 Å². The summed E-state index contributed by atoms with van der Waals surface area (Å²) in [5.41, 5.74) is 0.208. The monoisotopic (exact) mass is 311 g/mol. The van der Waals surface area contributed by atoms with E-state index in [9.17, 15) is 14.7 Å². The van der Waals surface area contributed by atoms with Gasteiger partial charge in [0.2, 0.25) is 5.91 Å². The van der Waals surface area contributed by atoms with Crippen LogP contribution in [0, 0.1) is 0 Å². The Hall–Kier alpha value is -3.15. The van der Waals surface area contributed by atoms with Crippen LogP contribution in [0.2, 0.25) is 0 Å². The van der Waals surface area contributed by atoms with Crippen molar-refractivity contribution in [2.75, 3.05) is 11.6 Å². The van der Waals surface area contributed by atoms with Crippen molar-refractivity contribution in [3.05, 3.63) is 49.1 Å². The number of benzene rings is 2. The first-order valence-electron chi connectivity index (χ1n) is 6.96. The fourth-order valence-electron chi connectivity index (χ4n) is 2.20. The molecule has 0 aliphatic rings. The molecule has 23 heavy (non-hydrogen) atoms. The van der Waals surface area contributed by atoms with Crippen LogP contribution >= 0.6 is 0 Å². The van der Waals surface area contributed by atoms with Gasteiger partial charge in [0, 0.05) is 18.6 Å². The molecular weight excluding hydrogens is 294 g/mol. The van der Waals surface area contributed by atoms with Crippen LogP contribution < -0.4 is 10.3 Å². The first-order valence-corrected chi connectivity index (χ1v) is 6.96. The molecule has 0 aliphatic heterocycles. The minimum atomic E-state index is -0.590. The van der Waals surface area contributed by atoms with Crippen LogP contribution in [0.4, 0.5) is 5.69 Å². The highest BCUT2D eigenvalue weighted by atomic mass is 16.3. The third-order valence-corrected chi connectivity index (χ3v) is 3.22. The lowest BCUT2D eigenvalue weighted by Gasteiger charge is -2.19. The molecule has 6 heteroatoms. The van der Waals surface area contributed by atoms with Gasteiger partial charge in [0.15, 0.2) is 0 Å². The molecule has 0 radical (unpaired) electrons. The fourth-order valence-corrected chi connectivity index (χ4v) is 2.20. The Balaban J connectivity index is 2.36. The van der Waals surface area contributed by atoms with E-state index in [2.05, 4.69) is 23.7 Å². The lowest BCUT2D eigenvalue weighted by atomic mass is 10.1. The zero-order chi connectivity index (χ0) is 16.8. The third kappa shape index (κ3) is 3.55. The van der Waals surface area contributed by atoms with Gasteiger partial charge in [-0.15, -0.1) is 6.58 Å². The number of hydrazone groups is 1. The lowest BCUT2D eigenvalue weighted by Crippen LogP contribution is -2.32. The van der Waals surface area contributed by atoms with Gasteiger partial charge in [0.25, 0.3) is 5.91 Å². The number of hydrogen-bond donors (Lipinski definition) is 2. The van der Waals surface area contributed by atoms with Crippen LogP contribution in [0.5, 0.6) is 5.75 Å². The lowest BCUT2D eigenvalue weighted by molar-refractivity contribution is -0.127. The predicted molar refractivity (Wildman–Crippen MR) is 90.5 cm³/mol. The van der Waals surface area contributed by atoms with Gasteiger partial charge in [-0.25, -0.2) is 0 Å². The summed E-state index contributed by atoms with van der Waals surface area (Å²) in [6.07, 6.45) is 1.11. The molecule has 2 aromatic carbocycles. The summed E-state index contributed by atoms with van der Waals surface area (Å²) in [5.74, 6) is -1.16. The molecule has 0 saturated carbocycles. The van der Waals surface area contributed by atoms with Gasteiger partial charge in [-0.05, 0) is 11.5 Å². The molecular formula is C17H17N3O3. The van der Waals surface area contributed by atoms with Crippen molar-refractivity contribution in [3.63, 3.8) is 0 Å². The van der Waals surface area contributed by atoms with Crippen LogP contribution in [0.25, 0.3) is 10.8 Å². The van der Waals surface area contributed by atoms with Gasteiger partial charge in [-0.2, -0.15) is 10.1 Å². The van der Waals surface area contributed by atoms with Crippen LogP contribution in [-0.4, -0.2) is 30.2 Å². The van der Waals surface area contributed by atoms with Gasteiger partial charge in [0.1, 0.15) is 17.9 Å². The maximum atomic E-state index is 12.3. The Kier molecular flexibility index (Phi) is 5.09. The Bertz CT molecular complexity index is 771. The summed E-state index contributed by atoms with van der Waals surface area (Å²) in [4.78, 5) is 24.0. The van der Waals surface area contributed by atoms with Crippen LogP contribution in [0.1, 0.15) is 6.42 Å². The standard InChI is InChI=1S/C17H17N3O3/c1-3-10-19-15(22)11-16(23)20(18-2)17-13-7-5-4-6-12(13)8-9-14(17)21/h3-9,21H,1-2,10-11H2,(H,19,22). The van der Waals surface area contributed by atoms with Crippen molar-refractivity contribution in [1.29, 1.82) is 0 Å². The molecule has 2 amide bonds. The molecule has 0 aromatic heterocycles. The molecule has 118 valence electrons. The summed E-state index contributed by atoms with van der Waals surface area (Å²) in [6, 6.07) is 10.4. The number of aromatic hydroxyl groups is 1. The average Bonchev–Trinajstić information content (AvgIpc) is 2.55. The highest BCUT2D eigenvalue weighted by Crippen LogP contribution is 2.36. The average molecular weight is 311 g/mol. The first-order chi connectivity index (χ1) is 11.1. The molecule has 0 spiro atoms. The normalized spacial score (nSPS) is 10.1. The molecule has 0 aliphatic carbocycles. The van der Waals surface area contributed by atoms with E-state index in [-0.39, 0.29) is 18.0 Å². The second-order valence-corrected chi connectivity index (χ2v) is 4.77. The number of rotatable bonds is 6. The SMILES string of the molecule is C=CCNC(=O)CC(=O)N(N=C)c1c(O)ccc2ccccc12. The summed E-state index contributed by atoms with van der Waals surface area (Å²) >= 11 is 0. The van der Waals surface area contributed by atoms with Gasteiger partial charge in [-0.3, -0.25) is 9.59 Å². The number of carbonyl (C=O) groups excluding carboxylic acids is 2. The first kappa shape index (κ1) is 16.2. The van der Waals surface area contributed by atoms with Crippen molar-refractivity contribution >= 4 is 35.0 Å². The van der Waals surface area contributed by atoms with E-state index >= 15 is 0 Å². The number of nitrogens with one attached hydrogen (secondary N) is 1. The summed E-state index contributed by atoms with van der Waals surface area (Å²) < 4.78 is 0. The molecule has 0 fully saturated rings. The van der Waals surface area contributed by atoms with Gasteiger partial charge in [0.05, 0.1) is 0 Å². The number of carbonyl (C=O) groups is 2. The summed E-state index contributed by atoms with van der Waals surface area (Å²) in [5, 5.41) is 18.8. The number of anilines is 1. The van der Waals surface area contributed by atoms with Gasteiger partial charge < -0.3 is 10.4 Å². The second kappa shape index (κ2) is 7.22. The third-order valence-electron chi connectivity index (χ3n) is 3.22. The second-order valence-electron chi connectivity index (χ2n) is 4.77. The van der Waals surface area contributed by atoms with Crippen LogP contribution in [0.3, 0.4) is 0 Å². The van der Waals surface area contributed by atoms with Gasteiger partial charge >= 0.3 is 0 Å². The minimum absolute atomic E-state index is 0.115. The zero-order valence-corrected chi connectivity index (χ0v) is 12.5. The van der Waals surface area contributed by atoms with E-state index in [0.29, 0.717) is 5.39 Å². The smallest absolute Gasteiger partial charge is 0.256 e. The largest absolute Gasteiger partial charge is 0.506 e. The number of amides is 2. The number of phenols is 1. The maximum absolute atomic E-state index is 12.3. The Morgan fingerprint density at radius 2 is 2.00 bits per heavy atom. The minimum Gasteiger partial charge on any atom is -0.506 e. The van der Waals surface area contributed by atoms with Crippen molar-refractivity contribution in [1.82, 2.24) is 5.32 Å². The van der Waals surface area contributed by atoms with Crippen molar-refractivity contribution in [2.24, 2.45) is 5.10 Å². The van der Waals surface area contributed by atoms with E-state index < -0.39 is 18.2 Å². The van der Waals surface area contributed by atoms with Crippen molar-refractivity contribution in [2.45, 2.75) is 6.42 Å². The molecule has 2 N–H and O–H groups in total. The molecule has 0 atom stereocenters. The fraction of sp³-hybridized carbons (Fsp3) is 0.118. The topological polar surface area (TPSA) is 82.0 Å². The Morgan fingerprint density at radius 3 is 2.70 bits per heavy atom. The maximum Gasteiger partial charge on any atom is 0.256 e. The predicted octanol–water partition coefficient (Wildman–Crippen LogP) is 2.19. The highest BCUT2D eigenvalue weighted by molar-refractivity contribution is 6.10. The van der Waals surface area contributed by atoms with E-state index in [4.69, 9.17) is 0 Å². The summed E-state index contributed by atoms with van der Waals surface area (Å²) in [6.45, 7) is 7.13. The van der Waals surface area contributed by atoms with Crippen molar-refractivity contribution in [3.8, 4) is 5.75 Å². The zero-order valence-electron chi connectivity index (χ0n) is 12.5. The molecule has 2 rings (SSSR count). The quantitative estimate of drug-likeness (QED) is 0.371. The van der Waals surface area contributed by atoms with E-state index in [1.54, 1.807) is 18.2 Å². The van der Waals surface area contributed by atoms with Crippen molar-refractivity contribution < 1.29 is 14.7 Å². The van der Waals surface area contributed by atoms with E-state index in [0.717, 1.165) is 10.4 Å². The Morgan fingerprint density at radius 1 is 1.26 bits per heavy atom. The van der Waals surface area contributed by atoms with E-state index in [1.807, 2.05) is 12.1 Å². The molecule has 2 aromatic rings.